The first-order valence-corrected chi connectivity index (χ1v) is 6.40. The molecule has 1 aromatic heterocycles. The monoisotopic (exact) mass is 295 g/mol. The van der Waals surface area contributed by atoms with Gasteiger partial charge in [-0.25, -0.2) is 9.78 Å². The van der Waals surface area contributed by atoms with Gasteiger partial charge in [-0.05, 0) is 18.6 Å². The standard InChI is InChI=1S/C14H11Cl2NO2/c1-9(10-5-3-2-4-6-10)19-14(18)11-7-13(16)17-8-12(11)15/h2-9H,1H3. The van der Waals surface area contributed by atoms with Crippen molar-refractivity contribution in [2.24, 2.45) is 0 Å². The van der Waals surface area contributed by atoms with Gasteiger partial charge in [0.1, 0.15) is 11.3 Å². The highest BCUT2D eigenvalue weighted by molar-refractivity contribution is 6.34. The van der Waals surface area contributed by atoms with Crippen LogP contribution in [0.2, 0.25) is 10.2 Å². The topological polar surface area (TPSA) is 39.2 Å². The highest BCUT2D eigenvalue weighted by Crippen LogP contribution is 2.23. The molecule has 0 N–H and O–H groups in total. The molecule has 0 radical (unpaired) electrons. The van der Waals surface area contributed by atoms with Crippen LogP contribution in [-0.4, -0.2) is 11.0 Å². The Bertz CT molecular complexity index is 587. The fraction of sp³-hybridized carbons (Fsp3) is 0.143. The molecule has 2 aromatic rings. The number of ether oxygens (including phenoxy) is 1. The lowest BCUT2D eigenvalue weighted by atomic mass is 10.1. The van der Waals surface area contributed by atoms with Crippen LogP contribution in [0.4, 0.5) is 0 Å². The van der Waals surface area contributed by atoms with Gasteiger partial charge in [-0.15, -0.1) is 0 Å². The van der Waals surface area contributed by atoms with Gasteiger partial charge in [0, 0.05) is 6.20 Å². The van der Waals surface area contributed by atoms with E-state index in [1.54, 1.807) is 6.92 Å². The summed E-state index contributed by atoms with van der Waals surface area (Å²) in [6.45, 7) is 1.80. The summed E-state index contributed by atoms with van der Waals surface area (Å²) in [6.07, 6.45) is 0.963. The van der Waals surface area contributed by atoms with Crippen molar-refractivity contribution in [2.45, 2.75) is 13.0 Å². The first kappa shape index (κ1) is 13.8. The van der Waals surface area contributed by atoms with Crippen LogP contribution in [0, 0.1) is 0 Å². The molecule has 1 heterocycles. The summed E-state index contributed by atoms with van der Waals surface area (Å²) in [5.74, 6) is -0.523. The average molecular weight is 296 g/mol. The minimum Gasteiger partial charge on any atom is -0.454 e. The van der Waals surface area contributed by atoms with Gasteiger partial charge >= 0.3 is 5.97 Å². The van der Waals surface area contributed by atoms with Crippen molar-refractivity contribution in [1.29, 1.82) is 0 Å². The van der Waals surface area contributed by atoms with Crippen molar-refractivity contribution in [3.63, 3.8) is 0 Å². The maximum atomic E-state index is 12.0. The third-order valence-corrected chi connectivity index (χ3v) is 3.10. The van der Waals surface area contributed by atoms with Gasteiger partial charge in [-0.1, -0.05) is 53.5 Å². The van der Waals surface area contributed by atoms with E-state index in [4.69, 9.17) is 27.9 Å². The summed E-state index contributed by atoms with van der Waals surface area (Å²) in [7, 11) is 0. The first-order valence-electron chi connectivity index (χ1n) is 5.65. The van der Waals surface area contributed by atoms with Crippen molar-refractivity contribution in [3.05, 3.63) is 63.9 Å². The molecule has 0 amide bonds. The fourth-order valence-electron chi connectivity index (χ4n) is 1.59. The van der Waals surface area contributed by atoms with Crippen molar-refractivity contribution < 1.29 is 9.53 Å². The van der Waals surface area contributed by atoms with E-state index in [1.807, 2.05) is 30.3 Å². The van der Waals surface area contributed by atoms with E-state index in [2.05, 4.69) is 4.98 Å². The number of esters is 1. The summed E-state index contributed by atoms with van der Waals surface area (Å²) in [4.78, 5) is 15.8. The molecule has 1 aromatic carbocycles. The van der Waals surface area contributed by atoms with Crippen molar-refractivity contribution in [2.75, 3.05) is 0 Å². The molecular weight excluding hydrogens is 285 g/mol. The van der Waals surface area contributed by atoms with Gasteiger partial charge in [0.25, 0.3) is 0 Å². The quantitative estimate of drug-likeness (QED) is 0.626. The van der Waals surface area contributed by atoms with Gasteiger partial charge in [-0.3, -0.25) is 0 Å². The van der Waals surface area contributed by atoms with E-state index >= 15 is 0 Å². The maximum absolute atomic E-state index is 12.0. The zero-order chi connectivity index (χ0) is 13.8. The van der Waals surface area contributed by atoms with E-state index in [0.717, 1.165) is 5.56 Å². The summed E-state index contributed by atoms with van der Waals surface area (Å²) in [5, 5.41) is 0.415. The van der Waals surface area contributed by atoms with Gasteiger partial charge in [0.05, 0.1) is 10.6 Å². The molecule has 0 aliphatic rings. The number of rotatable bonds is 3. The second-order valence-electron chi connectivity index (χ2n) is 3.95. The predicted octanol–water partition coefficient (Wildman–Crippen LogP) is 4.31. The molecule has 1 atom stereocenters. The highest BCUT2D eigenvalue weighted by atomic mass is 35.5. The Morgan fingerprint density at radius 3 is 2.63 bits per heavy atom. The third-order valence-electron chi connectivity index (χ3n) is 2.59. The van der Waals surface area contributed by atoms with E-state index in [1.165, 1.54) is 12.3 Å². The number of nitrogens with zero attached hydrogens (tertiary/aromatic N) is 1. The lowest BCUT2D eigenvalue weighted by molar-refractivity contribution is 0.0338. The number of carbonyl (C=O) groups is 1. The van der Waals surface area contributed by atoms with Crippen LogP contribution in [-0.2, 0) is 4.74 Å². The predicted molar refractivity (Wildman–Crippen MR) is 74.5 cm³/mol. The smallest absolute Gasteiger partial charge is 0.340 e. The highest BCUT2D eigenvalue weighted by Gasteiger charge is 2.17. The van der Waals surface area contributed by atoms with Crippen LogP contribution in [0.5, 0.6) is 0 Å². The fourth-order valence-corrected chi connectivity index (χ4v) is 1.92. The third kappa shape index (κ3) is 3.46. The van der Waals surface area contributed by atoms with Gasteiger partial charge in [-0.2, -0.15) is 0 Å². The van der Waals surface area contributed by atoms with E-state index in [0.29, 0.717) is 0 Å². The minimum atomic E-state index is -0.523. The van der Waals surface area contributed by atoms with Crippen LogP contribution in [0.1, 0.15) is 28.9 Å². The van der Waals surface area contributed by atoms with E-state index < -0.39 is 5.97 Å². The van der Waals surface area contributed by atoms with Gasteiger partial charge in [0.2, 0.25) is 0 Å². The summed E-state index contributed by atoms with van der Waals surface area (Å²) in [5.41, 5.74) is 1.12. The van der Waals surface area contributed by atoms with Crippen LogP contribution in [0.3, 0.4) is 0 Å². The number of pyridine rings is 1. The number of halogens is 2. The second-order valence-corrected chi connectivity index (χ2v) is 4.74. The molecule has 0 spiro atoms. The van der Waals surface area contributed by atoms with Crippen molar-refractivity contribution in [1.82, 2.24) is 4.98 Å². The molecule has 1 unspecified atom stereocenters. The van der Waals surface area contributed by atoms with Crippen LogP contribution >= 0.6 is 23.2 Å². The van der Waals surface area contributed by atoms with Gasteiger partial charge in [0.15, 0.2) is 0 Å². The Balaban J connectivity index is 2.15. The van der Waals surface area contributed by atoms with Crippen LogP contribution < -0.4 is 0 Å². The summed E-state index contributed by atoms with van der Waals surface area (Å²) < 4.78 is 5.35. The zero-order valence-corrected chi connectivity index (χ0v) is 11.7. The average Bonchev–Trinajstić information content (AvgIpc) is 2.42. The normalized spacial score (nSPS) is 11.9. The molecule has 19 heavy (non-hydrogen) atoms. The molecule has 0 bridgehead atoms. The summed E-state index contributed by atoms with van der Waals surface area (Å²) >= 11 is 11.6. The molecule has 0 fully saturated rings. The minimum absolute atomic E-state index is 0.198. The maximum Gasteiger partial charge on any atom is 0.340 e. The molecule has 0 aliphatic heterocycles. The molecule has 3 nitrogen and oxygen atoms in total. The van der Waals surface area contributed by atoms with E-state index in [-0.39, 0.29) is 21.8 Å². The van der Waals surface area contributed by atoms with Gasteiger partial charge < -0.3 is 4.74 Å². The SMILES string of the molecule is CC(OC(=O)c1cc(Cl)ncc1Cl)c1ccccc1. The number of benzene rings is 1. The lowest BCUT2D eigenvalue weighted by Crippen LogP contribution is -2.10. The second kappa shape index (κ2) is 6.04. The Morgan fingerprint density at radius 1 is 1.26 bits per heavy atom. The Hall–Kier alpha value is -1.58. The molecule has 98 valence electrons. The van der Waals surface area contributed by atoms with Crippen LogP contribution in [0.15, 0.2) is 42.6 Å². The first-order chi connectivity index (χ1) is 9.08. The zero-order valence-electron chi connectivity index (χ0n) is 10.1. The Labute approximate surface area is 121 Å². The van der Waals surface area contributed by atoms with E-state index in [9.17, 15) is 4.79 Å². The molecular formula is C14H11Cl2NO2. The Kier molecular flexibility index (Phi) is 4.40. The molecule has 2 rings (SSSR count). The summed E-state index contributed by atoms with van der Waals surface area (Å²) in [6, 6.07) is 10.8. The molecule has 0 saturated carbocycles. The van der Waals surface area contributed by atoms with Crippen LogP contribution in [0.25, 0.3) is 0 Å². The lowest BCUT2D eigenvalue weighted by Gasteiger charge is -2.14. The molecule has 5 heteroatoms. The largest absolute Gasteiger partial charge is 0.454 e. The Morgan fingerprint density at radius 2 is 1.95 bits per heavy atom. The van der Waals surface area contributed by atoms with Crippen molar-refractivity contribution in [3.8, 4) is 0 Å². The molecule has 0 aliphatic carbocycles. The number of hydrogen-bond acceptors (Lipinski definition) is 3. The number of hydrogen-bond donors (Lipinski definition) is 0. The van der Waals surface area contributed by atoms with Crippen molar-refractivity contribution >= 4 is 29.2 Å². The molecule has 0 saturated heterocycles. The number of aromatic nitrogens is 1. The number of carbonyl (C=O) groups excluding carboxylic acids is 1.